The topological polar surface area (TPSA) is 56.2 Å². The van der Waals surface area contributed by atoms with Gasteiger partial charge in [0.25, 0.3) is 0 Å². The SMILES string of the molecule is O=C1C[C@H](Cn2cc(-c3ccc(F)c(OC(F)F)c3)cn2)N1. The van der Waals surface area contributed by atoms with Gasteiger partial charge in [-0.1, -0.05) is 6.07 Å². The Balaban J connectivity index is 1.76. The molecule has 0 radical (unpaired) electrons. The molecule has 5 nitrogen and oxygen atoms in total. The molecule has 1 saturated heterocycles. The van der Waals surface area contributed by atoms with Crippen molar-refractivity contribution in [2.24, 2.45) is 0 Å². The summed E-state index contributed by atoms with van der Waals surface area (Å²) in [4.78, 5) is 10.8. The smallest absolute Gasteiger partial charge is 0.387 e. The van der Waals surface area contributed by atoms with Gasteiger partial charge in [-0.15, -0.1) is 0 Å². The van der Waals surface area contributed by atoms with Crippen molar-refractivity contribution < 1.29 is 22.7 Å². The van der Waals surface area contributed by atoms with Crippen LogP contribution in [0.15, 0.2) is 30.6 Å². The fourth-order valence-corrected chi connectivity index (χ4v) is 2.25. The summed E-state index contributed by atoms with van der Waals surface area (Å²) in [5, 5.41) is 6.86. The highest BCUT2D eigenvalue weighted by molar-refractivity contribution is 5.82. The fourth-order valence-electron chi connectivity index (χ4n) is 2.25. The molecule has 2 heterocycles. The highest BCUT2D eigenvalue weighted by atomic mass is 19.3. The number of β-lactam (4-membered cyclic amide) rings is 1. The molecule has 1 aromatic carbocycles. The summed E-state index contributed by atoms with van der Waals surface area (Å²) in [6, 6.07) is 3.77. The number of halogens is 3. The van der Waals surface area contributed by atoms with Crippen LogP contribution < -0.4 is 10.1 Å². The summed E-state index contributed by atoms with van der Waals surface area (Å²) in [7, 11) is 0. The Morgan fingerprint density at radius 2 is 2.18 bits per heavy atom. The maximum absolute atomic E-state index is 13.4. The average molecular weight is 311 g/mol. The Morgan fingerprint density at radius 1 is 1.41 bits per heavy atom. The molecule has 2 aromatic rings. The normalized spacial score (nSPS) is 17.3. The van der Waals surface area contributed by atoms with E-state index in [-0.39, 0.29) is 11.9 Å². The van der Waals surface area contributed by atoms with Gasteiger partial charge in [0.15, 0.2) is 11.6 Å². The van der Waals surface area contributed by atoms with Gasteiger partial charge in [0.1, 0.15) is 0 Å². The molecule has 8 heteroatoms. The van der Waals surface area contributed by atoms with Gasteiger partial charge in [-0.2, -0.15) is 13.9 Å². The van der Waals surface area contributed by atoms with E-state index in [1.165, 1.54) is 12.1 Å². The van der Waals surface area contributed by atoms with E-state index < -0.39 is 18.2 Å². The summed E-state index contributed by atoms with van der Waals surface area (Å²) in [5.41, 5.74) is 1.16. The molecule has 0 bridgehead atoms. The average Bonchev–Trinajstić information content (AvgIpc) is 2.88. The van der Waals surface area contributed by atoms with E-state index in [0.717, 1.165) is 6.07 Å². The molecular formula is C14H12F3N3O2. The largest absolute Gasteiger partial charge is 0.432 e. The van der Waals surface area contributed by atoms with Crippen LogP contribution in [0.5, 0.6) is 5.75 Å². The molecule has 1 aromatic heterocycles. The molecule has 1 atom stereocenters. The molecule has 1 aliphatic rings. The Kier molecular flexibility index (Phi) is 3.74. The minimum absolute atomic E-state index is 0.00436. The van der Waals surface area contributed by atoms with Crippen molar-refractivity contribution in [3.05, 3.63) is 36.4 Å². The summed E-state index contributed by atoms with van der Waals surface area (Å²) < 4.78 is 43.6. The number of amides is 1. The van der Waals surface area contributed by atoms with E-state index >= 15 is 0 Å². The molecule has 0 aliphatic carbocycles. The lowest BCUT2D eigenvalue weighted by Gasteiger charge is -2.26. The Labute approximate surface area is 123 Å². The first-order chi connectivity index (χ1) is 10.5. The molecule has 22 heavy (non-hydrogen) atoms. The first-order valence-corrected chi connectivity index (χ1v) is 6.58. The Bertz CT molecular complexity index is 694. The van der Waals surface area contributed by atoms with Gasteiger partial charge in [0.05, 0.1) is 18.8 Å². The lowest BCUT2D eigenvalue weighted by molar-refractivity contribution is -0.128. The molecule has 0 saturated carbocycles. The van der Waals surface area contributed by atoms with Gasteiger partial charge in [0, 0.05) is 18.2 Å². The zero-order chi connectivity index (χ0) is 15.7. The molecule has 1 N–H and O–H groups in total. The number of ether oxygens (including phenoxy) is 1. The van der Waals surface area contributed by atoms with Crippen LogP contribution in [0.2, 0.25) is 0 Å². The third-order valence-corrected chi connectivity index (χ3v) is 3.32. The lowest BCUT2D eigenvalue weighted by Crippen LogP contribution is -2.50. The summed E-state index contributed by atoms with van der Waals surface area (Å²) in [5.74, 6) is -1.36. The van der Waals surface area contributed by atoms with Crippen LogP contribution >= 0.6 is 0 Å². The van der Waals surface area contributed by atoms with E-state index in [1.54, 1.807) is 17.1 Å². The van der Waals surface area contributed by atoms with E-state index in [9.17, 15) is 18.0 Å². The van der Waals surface area contributed by atoms with Crippen molar-refractivity contribution in [3.63, 3.8) is 0 Å². The molecule has 1 fully saturated rings. The van der Waals surface area contributed by atoms with Gasteiger partial charge in [-0.05, 0) is 17.7 Å². The quantitative estimate of drug-likeness (QED) is 0.861. The van der Waals surface area contributed by atoms with Crippen LogP contribution in [-0.2, 0) is 11.3 Å². The van der Waals surface area contributed by atoms with Crippen molar-refractivity contribution in [1.82, 2.24) is 15.1 Å². The molecule has 0 spiro atoms. The van der Waals surface area contributed by atoms with E-state index in [4.69, 9.17) is 0 Å². The van der Waals surface area contributed by atoms with Crippen molar-refractivity contribution in [3.8, 4) is 16.9 Å². The number of hydrogen-bond donors (Lipinski definition) is 1. The van der Waals surface area contributed by atoms with Gasteiger partial charge in [-0.25, -0.2) is 4.39 Å². The van der Waals surface area contributed by atoms with Crippen molar-refractivity contribution in [1.29, 1.82) is 0 Å². The fraction of sp³-hybridized carbons (Fsp3) is 0.286. The number of rotatable bonds is 5. The van der Waals surface area contributed by atoms with Gasteiger partial charge < -0.3 is 10.1 Å². The number of nitrogens with zero attached hydrogens (tertiary/aromatic N) is 2. The third-order valence-electron chi connectivity index (χ3n) is 3.32. The zero-order valence-electron chi connectivity index (χ0n) is 11.3. The second kappa shape index (κ2) is 5.70. The Hall–Kier alpha value is -2.51. The maximum atomic E-state index is 13.4. The monoisotopic (exact) mass is 311 g/mol. The number of aromatic nitrogens is 2. The molecular weight excluding hydrogens is 299 g/mol. The van der Waals surface area contributed by atoms with E-state index in [2.05, 4.69) is 15.2 Å². The highest BCUT2D eigenvalue weighted by Gasteiger charge is 2.25. The number of alkyl halides is 2. The summed E-state index contributed by atoms with van der Waals surface area (Å²) >= 11 is 0. The highest BCUT2D eigenvalue weighted by Crippen LogP contribution is 2.27. The minimum Gasteiger partial charge on any atom is -0.432 e. The van der Waals surface area contributed by atoms with Gasteiger partial charge >= 0.3 is 6.61 Å². The minimum atomic E-state index is -3.09. The summed E-state index contributed by atoms with van der Waals surface area (Å²) in [6.45, 7) is -2.57. The lowest BCUT2D eigenvalue weighted by atomic mass is 10.1. The molecule has 116 valence electrons. The molecule has 0 unspecified atom stereocenters. The first-order valence-electron chi connectivity index (χ1n) is 6.58. The predicted octanol–water partition coefficient (Wildman–Crippen LogP) is 2.18. The number of benzene rings is 1. The third kappa shape index (κ3) is 3.05. The summed E-state index contributed by atoms with van der Waals surface area (Å²) in [6.07, 6.45) is 3.70. The van der Waals surface area contributed by atoms with E-state index in [0.29, 0.717) is 24.1 Å². The van der Waals surface area contributed by atoms with Crippen molar-refractivity contribution >= 4 is 5.91 Å². The number of hydrogen-bond acceptors (Lipinski definition) is 3. The number of carbonyl (C=O) groups is 1. The number of carbonyl (C=O) groups excluding carboxylic acids is 1. The maximum Gasteiger partial charge on any atom is 0.387 e. The second-order valence-electron chi connectivity index (χ2n) is 4.94. The van der Waals surface area contributed by atoms with Crippen LogP contribution in [0.3, 0.4) is 0 Å². The van der Waals surface area contributed by atoms with Gasteiger partial charge in [0.2, 0.25) is 5.91 Å². The number of nitrogens with one attached hydrogen (secondary N) is 1. The van der Waals surface area contributed by atoms with Gasteiger partial charge in [-0.3, -0.25) is 9.48 Å². The molecule has 3 rings (SSSR count). The molecule has 1 aliphatic heterocycles. The van der Waals surface area contributed by atoms with Crippen LogP contribution in [-0.4, -0.2) is 28.3 Å². The van der Waals surface area contributed by atoms with Crippen LogP contribution in [0.1, 0.15) is 6.42 Å². The standard InChI is InChI=1S/C14H12F3N3O2/c15-11-2-1-8(3-12(11)22-14(16)17)9-5-18-20(6-9)7-10-4-13(21)19-10/h1-3,5-6,10,14H,4,7H2,(H,19,21)/t10-/m1/s1. The van der Waals surface area contributed by atoms with Crippen LogP contribution in [0.4, 0.5) is 13.2 Å². The predicted molar refractivity (Wildman–Crippen MR) is 70.8 cm³/mol. The molecule has 1 amide bonds. The van der Waals surface area contributed by atoms with Crippen LogP contribution in [0.25, 0.3) is 11.1 Å². The second-order valence-corrected chi connectivity index (χ2v) is 4.94. The van der Waals surface area contributed by atoms with Crippen LogP contribution in [0, 0.1) is 5.82 Å². The van der Waals surface area contributed by atoms with Crippen molar-refractivity contribution in [2.45, 2.75) is 25.6 Å². The first kappa shape index (κ1) is 14.4. The zero-order valence-corrected chi connectivity index (χ0v) is 11.3. The van der Waals surface area contributed by atoms with E-state index in [1.807, 2.05) is 0 Å². The van der Waals surface area contributed by atoms with Crippen molar-refractivity contribution in [2.75, 3.05) is 0 Å². The Morgan fingerprint density at radius 3 is 2.86 bits per heavy atom.